The molecule has 1 aliphatic rings. The van der Waals surface area contributed by atoms with Crippen LogP contribution in [0, 0.1) is 0 Å². The number of hydrogen-bond donors (Lipinski definition) is 4. The molecule has 4 N–H and O–H groups in total. The van der Waals surface area contributed by atoms with Crippen molar-refractivity contribution < 1.29 is 33.2 Å². The van der Waals surface area contributed by atoms with Crippen LogP contribution in [0.1, 0.15) is 11.3 Å². The average molecular weight is 411 g/mol. The molecule has 0 saturated carbocycles. The Balaban J connectivity index is 1.86. The lowest BCUT2D eigenvalue weighted by Gasteiger charge is -2.42. The number of benzene rings is 1. The zero-order valence-corrected chi connectivity index (χ0v) is 15.1. The molecule has 1 saturated heterocycles. The van der Waals surface area contributed by atoms with Crippen LogP contribution in [0.4, 0.5) is 19.0 Å². The van der Waals surface area contributed by atoms with Crippen LogP contribution in [-0.2, 0) is 10.9 Å². The molecule has 0 unspecified atom stereocenters. The molecule has 0 amide bonds. The van der Waals surface area contributed by atoms with Gasteiger partial charge in [-0.05, 0) is 5.56 Å². The maximum atomic E-state index is 12.9. The number of hydrogen-bond acceptors (Lipinski definition) is 7. The van der Waals surface area contributed by atoms with Crippen LogP contribution in [0.25, 0.3) is 6.08 Å². The fourth-order valence-corrected chi connectivity index (χ4v) is 2.99. The van der Waals surface area contributed by atoms with Crippen molar-refractivity contribution >= 4 is 11.9 Å². The van der Waals surface area contributed by atoms with E-state index in [0.717, 1.165) is 11.8 Å². The van der Waals surface area contributed by atoms with Crippen molar-refractivity contribution in [2.75, 3.05) is 11.9 Å². The lowest BCUT2D eigenvalue weighted by Crippen LogP contribution is -2.60. The third-order valence-corrected chi connectivity index (χ3v) is 4.48. The topological polar surface area (TPSA) is 108 Å². The number of nitrogens with zero attached hydrogens (tertiary/aromatic N) is 2. The maximum absolute atomic E-state index is 12.9. The summed E-state index contributed by atoms with van der Waals surface area (Å²) in [5.74, 6) is -0.236. The summed E-state index contributed by atoms with van der Waals surface area (Å²) in [6.07, 6.45) is -4.54. The molecule has 1 aromatic carbocycles. The van der Waals surface area contributed by atoms with Crippen LogP contribution in [0.2, 0.25) is 0 Å². The molecule has 5 atom stereocenters. The minimum Gasteiger partial charge on any atom is -0.394 e. The van der Waals surface area contributed by atoms with Gasteiger partial charge in [0, 0.05) is 0 Å². The summed E-state index contributed by atoms with van der Waals surface area (Å²) in [7, 11) is 0. The Bertz CT molecular complexity index is 835. The molecule has 7 nitrogen and oxygen atoms in total. The molecular weight excluding hydrogens is 391 g/mol. The first-order chi connectivity index (χ1) is 13.8. The van der Waals surface area contributed by atoms with Crippen LogP contribution in [0.3, 0.4) is 0 Å². The van der Waals surface area contributed by atoms with Gasteiger partial charge >= 0.3 is 6.18 Å². The Hall–Kier alpha value is -2.53. The molecule has 3 rings (SSSR count). The summed E-state index contributed by atoms with van der Waals surface area (Å²) in [5, 5.41) is 32.7. The Labute approximate surface area is 164 Å². The summed E-state index contributed by atoms with van der Waals surface area (Å²) in [5.41, 5.74) is -0.367. The molecule has 10 heteroatoms. The molecule has 1 aliphatic heterocycles. The van der Waals surface area contributed by atoms with Gasteiger partial charge in [-0.2, -0.15) is 13.2 Å². The fraction of sp³-hybridized carbons (Fsp3) is 0.368. The lowest BCUT2D eigenvalue weighted by molar-refractivity contribution is -0.172. The van der Waals surface area contributed by atoms with Crippen LogP contribution in [-0.4, -0.2) is 62.4 Å². The number of alkyl halides is 3. The molecular formula is C19H20F3N3O4. The number of aliphatic hydroxyl groups is 3. The highest BCUT2D eigenvalue weighted by molar-refractivity contribution is 5.50. The normalized spacial score (nSPS) is 27.9. The minimum atomic E-state index is -4.68. The molecule has 0 radical (unpaired) electrons. The van der Waals surface area contributed by atoms with Gasteiger partial charge in [0.1, 0.15) is 24.1 Å². The summed E-state index contributed by atoms with van der Waals surface area (Å²) in [4.78, 5) is 6.99. The van der Waals surface area contributed by atoms with Crippen molar-refractivity contribution in [3.8, 4) is 0 Å². The van der Waals surface area contributed by atoms with Gasteiger partial charge in [-0.15, -0.1) is 0 Å². The summed E-state index contributed by atoms with van der Waals surface area (Å²) < 4.78 is 44.3. The van der Waals surface area contributed by atoms with E-state index in [0.29, 0.717) is 6.20 Å². The van der Waals surface area contributed by atoms with Crippen LogP contribution >= 0.6 is 0 Å². The Morgan fingerprint density at radius 2 is 1.83 bits per heavy atom. The highest BCUT2D eigenvalue weighted by atomic mass is 19.4. The molecule has 2 aromatic rings. The van der Waals surface area contributed by atoms with E-state index in [1.165, 1.54) is 0 Å². The number of nitrogens with one attached hydrogen (secondary N) is 1. The van der Waals surface area contributed by atoms with Crippen molar-refractivity contribution in [1.29, 1.82) is 0 Å². The first-order valence-electron chi connectivity index (χ1n) is 8.81. The van der Waals surface area contributed by atoms with Gasteiger partial charge in [0.25, 0.3) is 0 Å². The van der Waals surface area contributed by atoms with Gasteiger partial charge in [0.15, 0.2) is 5.69 Å². The molecule has 1 aromatic heterocycles. The second-order valence-electron chi connectivity index (χ2n) is 6.53. The Kier molecular flexibility index (Phi) is 6.48. The molecule has 29 heavy (non-hydrogen) atoms. The van der Waals surface area contributed by atoms with Crippen LogP contribution < -0.4 is 5.32 Å². The van der Waals surface area contributed by atoms with E-state index in [4.69, 9.17) is 4.74 Å². The third-order valence-electron chi connectivity index (χ3n) is 4.48. The monoisotopic (exact) mass is 411 g/mol. The standard InChI is InChI=1S/C19H20F3N3O4/c20-19(21,22)14-8-23-9-15(24-14)25-16-12(7-6-11-4-2-1-3-5-11)29-13(10-26)17(27)18(16)28/h1-9,12-13,16-18,26-28H,10H2,(H,24,25)/b7-6+/t12-,13-,16+,17+,18-/m1/s1. The Morgan fingerprint density at radius 3 is 2.48 bits per heavy atom. The van der Waals surface area contributed by atoms with Crippen LogP contribution in [0.5, 0.6) is 0 Å². The van der Waals surface area contributed by atoms with Gasteiger partial charge in [-0.25, -0.2) is 4.98 Å². The van der Waals surface area contributed by atoms with Crippen molar-refractivity contribution in [2.45, 2.75) is 36.6 Å². The van der Waals surface area contributed by atoms with E-state index in [1.807, 2.05) is 30.3 Å². The minimum absolute atomic E-state index is 0.236. The second kappa shape index (κ2) is 8.87. The van der Waals surface area contributed by atoms with Gasteiger partial charge < -0.3 is 25.4 Å². The average Bonchev–Trinajstić information content (AvgIpc) is 2.71. The molecule has 0 spiro atoms. The lowest BCUT2D eigenvalue weighted by atomic mass is 9.92. The zero-order valence-electron chi connectivity index (χ0n) is 15.1. The number of aromatic nitrogens is 2. The highest BCUT2D eigenvalue weighted by Crippen LogP contribution is 2.29. The fourth-order valence-electron chi connectivity index (χ4n) is 2.99. The third kappa shape index (κ3) is 5.10. The van der Waals surface area contributed by atoms with E-state index in [2.05, 4.69) is 15.3 Å². The number of anilines is 1. The predicted octanol–water partition coefficient (Wildman–Crippen LogP) is 1.47. The van der Waals surface area contributed by atoms with E-state index >= 15 is 0 Å². The number of rotatable bonds is 5. The highest BCUT2D eigenvalue weighted by Gasteiger charge is 2.43. The first kappa shape index (κ1) is 21.2. The largest absolute Gasteiger partial charge is 0.434 e. The van der Waals surface area contributed by atoms with E-state index in [1.54, 1.807) is 12.2 Å². The van der Waals surface area contributed by atoms with E-state index in [-0.39, 0.29) is 5.82 Å². The molecule has 156 valence electrons. The predicted molar refractivity (Wildman–Crippen MR) is 97.7 cm³/mol. The van der Waals surface area contributed by atoms with E-state index in [9.17, 15) is 28.5 Å². The van der Waals surface area contributed by atoms with Crippen molar-refractivity contribution in [2.24, 2.45) is 0 Å². The molecule has 0 bridgehead atoms. The summed E-state index contributed by atoms with van der Waals surface area (Å²) in [6.45, 7) is -0.538. The number of halogens is 3. The summed E-state index contributed by atoms with van der Waals surface area (Å²) in [6, 6.07) is 8.11. The van der Waals surface area contributed by atoms with Crippen molar-refractivity contribution in [3.63, 3.8) is 0 Å². The van der Waals surface area contributed by atoms with Gasteiger partial charge in [0.2, 0.25) is 0 Å². The zero-order chi connectivity index (χ0) is 21.0. The second-order valence-corrected chi connectivity index (χ2v) is 6.53. The van der Waals surface area contributed by atoms with Crippen LogP contribution in [0.15, 0.2) is 48.8 Å². The molecule has 2 heterocycles. The van der Waals surface area contributed by atoms with Gasteiger partial charge in [0.05, 0.1) is 31.1 Å². The van der Waals surface area contributed by atoms with Crippen molar-refractivity contribution in [1.82, 2.24) is 9.97 Å². The van der Waals surface area contributed by atoms with Gasteiger partial charge in [-0.3, -0.25) is 4.98 Å². The first-order valence-corrected chi connectivity index (χ1v) is 8.81. The summed E-state index contributed by atoms with van der Waals surface area (Å²) >= 11 is 0. The maximum Gasteiger partial charge on any atom is 0.434 e. The SMILES string of the molecule is OC[C@H]1O[C@H](/C=C/c2ccccc2)[C@H](Nc2cncc(C(F)(F)F)n2)[C@@H](O)[C@H]1O. The van der Waals surface area contributed by atoms with Crippen molar-refractivity contribution in [3.05, 3.63) is 60.1 Å². The van der Waals surface area contributed by atoms with E-state index < -0.39 is 48.9 Å². The smallest absolute Gasteiger partial charge is 0.394 e. The number of aliphatic hydroxyl groups excluding tert-OH is 3. The number of ether oxygens (including phenoxy) is 1. The quantitative estimate of drug-likeness (QED) is 0.590. The molecule has 0 aliphatic carbocycles. The molecule has 1 fully saturated rings. The Morgan fingerprint density at radius 1 is 1.10 bits per heavy atom. The van der Waals surface area contributed by atoms with Gasteiger partial charge in [-0.1, -0.05) is 42.5 Å².